The van der Waals surface area contributed by atoms with Crippen LogP contribution in [0.4, 0.5) is 8.78 Å². The highest BCUT2D eigenvalue weighted by molar-refractivity contribution is 5.94. The summed E-state index contributed by atoms with van der Waals surface area (Å²) in [4.78, 5) is 11.1. The molecule has 0 fully saturated rings. The Morgan fingerprint density at radius 1 is 1.12 bits per heavy atom. The Bertz CT molecular complexity index is 762. The van der Waals surface area contributed by atoms with Crippen LogP contribution in [-0.2, 0) is 12.8 Å². The van der Waals surface area contributed by atoms with Crippen LogP contribution in [0.3, 0.4) is 0 Å². The van der Waals surface area contributed by atoms with Gasteiger partial charge in [-0.2, -0.15) is 0 Å². The molecule has 0 saturated heterocycles. The van der Waals surface area contributed by atoms with E-state index in [0.717, 1.165) is 30.7 Å². The highest BCUT2D eigenvalue weighted by Gasteiger charge is 2.20. The van der Waals surface area contributed by atoms with Gasteiger partial charge in [-0.25, -0.2) is 8.78 Å². The maximum atomic E-state index is 14.0. The summed E-state index contributed by atoms with van der Waals surface area (Å²) >= 11 is 0. The van der Waals surface area contributed by atoms with E-state index in [9.17, 15) is 13.6 Å². The molecule has 0 spiro atoms. The van der Waals surface area contributed by atoms with Gasteiger partial charge in [-0.15, -0.1) is 0 Å². The SMILES string of the molecule is CCCC1CCc2cc(-c3cc(F)c(C(N)=O)c(F)c3)ccc2C1. The molecule has 0 aromatic heterocycles. The van der Waals surface area contributed by atoms with Crippen molar-refractivity contribution in [3.8, 4) is 11.1 Å². The Kier molecular flexibility index (Phi) is 4.65. The number of fused-ring (bicyclic) bond motifs is 1. The summed E-state index contributed by atoms with van der Waals surface area (Å²) in [6, 6.07) is 8.31. The fourth-order valence-electron chi connectivity index (χ4n) is 3.64. The van der Waals surface area contributed by atoms with Crippen LogP contribution in [-0.4, -0.2) is 5.91 Å². The molecule has 0 bridgehead atoms. The predicted octanol–water partition coefficient (Wildman–Crippen LogP) is 4.64. The molecular formula is C20H21F2NO. The third-order valence-electron chi connectivity index (χ3n) is 4.86. The number of carbonyl (C=O) groups excluding carboxylic acids is 1. The number of rotatable bonds is 4. The van der Waals surface area contributed by atoms with Crippen LogP contribution >= 0.6 is 0 Å². The zero-order valence-electron chi connectivity index (χ0n) is 13.7. The number of benzene rings is 2. The second-order valence-electron chi connectivity index (χ2n) is 6.56. The number of hydrogen-bond acceptors (Lipinski definition) is 1. The van der Waals surface area contributed by atoms with Gasteiger partial charge in [-0.1, -0.05) is 38.0 Å². The summed E-state index contributed by atoms with van der Waals surface area (Å²) in [5.74, 6) is -2.20. The monoisotopic (exact) mass is 329 g/mol. The van der Waals surface area contributed by atoms with Gasteiger partial charge < -0.3 is 5.73 Å². The van der Waals surface area contributed by atoms with Gasteiger partial charge in [0.25, 0.3) is 5.91 Å². The van der Waals surface area contributed by atoms with Crippen LogP contribution < -0.4 is 5.73 Å². The molecule has 1 atom stereocenters. The van der Waals surface area contributed by atoms with Gasteiger partial charge in [0.1, 0.15) is 17.2 Å². The maximum absolute atomic E-state index is 14.0. The van der Waals surface area contributed by atoms with Crippen molar-refractivity contribution in [2.75, 3.05) is 0 Å². The van der Waals surface area contributed by atoms with Crippen LogP contribution in [0.15, 0.2) is 30.3 Å². The molecule has 0 heterocycles. The lowest BCUT2D eigenvalue weighted by atomic mass is 9.81. The van der Waals surface area contributed by atoms with E-state index in [1.165, 1.54) is 36.1 Å². The number of hydrogen-bond donors (Lipinski definition) is 1. The molecule has 0 radical (unpaired) electrons. The van der Waals surface area contributed by atoms with E-state index >= 15 is 0 Å². The van der Waals surface area contributed by atoms with Gasteiger partial charge in [-0.3, -0.25) is 4.79 Å². The number of halogens is 2. The highest BCUT2D eigenvalue weighted by atomic mass is 19.1. The number of aryl methyl sites for hydroxylation is 1. The highest BCUT2D eigenvalue weighted by Crippen LogP contribution is 2.32. The molecule has 0 aliphatic heterocycles. The summed E-state index contributed by atoms with van der Waals surface area (Å²) in [5, 5.41) is 0. The summed E-state index contributed by atoms with van der Waals surface area (Å²) in [7, 11) is 0. The largest absolute Gasteiger partial charge is 0.365 e. The molecule has 2 aromatic rings. The van der Waals surface area contributed by atoms with E-state index in [1.54, 1.807) is 0 Å². The molecule has 126 valence electrons. The second-order valence-corrected chi connectivity index (χ2v) is 6.56. The Hall–Kier alpha value is -2.23. The second kappa shape index (κ2) is 6.71. The minimum atomic E-state index is -1.09. The standard InChI is InChI=1S/C20H21F2NO/c1-2-3-12-4-5-14-9-15(7-6-13(14)8-12)16-10-17(21)19(20(23)24)18(22)11-16/h6-7,9-12H,2-5,8H2,1H3,(H2,23,24). The van der Waals surface area contributed by atoms with Crippen molar-refractivity contribution < 1.29 is 13.6 Å². The van der Waals surface area contributed by atoms with Gasteiger partial charge >= 0.3 is 0 Å². The van der Waals surface area contributed by atoms with Crippen molar-refractivity contribution in [3.05, 3.63) is 58.7 Å². The van der Waals surface area contributed by atoms with E-state index in [-0.39, 0.29) is 0 Å². The Morgan fingerprint density at radius 3 is 2.46 bits per heavy atom. The Balaban J connectivity index is 1.93. The van der Waals surface area contributed by atoms with E-state index in [1.807, 2.05) is 12.1 Å². The third-order valence-corrected chi connectivity index (χ3v) is 4.86. The molecule has 0 saturated carbocycles. The number of nitrogens with two attached hydrogens (primary N) is 1. The molecule has 1 amide bonds. The molecule has 1 aliphatic carbocycles. The molecule has 1 unspecified atom stereocenters. The zero-order chi connectivity index (χ0) is 17.3. The summed E-state index contributed by atoms with van der Waals surface area (Å²) < 4.78 is 28.0. The van der Waals surface area contributed by atoms with E-state index in [0.29, 0.717) is 5.56 Å². The smallest absolute Gasteiger partial charge is 0.254 e. The average molecular weight is 329 g/mol. The molecule has 1 aliphatic rings. The number of carbonyl (C=O) groups is 1. The third kappa shape index (κ3) is 3.18. The van der Waals surface area contributed by atoms with Crippen LogP contribution in [0.5, 0.6) is 0 Å². The van der Waals surface area contributed by atoms with Crippen molar-refractivity contribution >= 4 is 5.91 Å². The van der Waals surface area contributed by atoms with Crippen LogP contribution in [0, 0.1) is 17.6 Å². The molecular weight excluding hydrogens is 308 g/mol. The summed E-state index contributed by atoms with van der Waals surface area (Å²) in [6.07, 6.45) is 5.67. The fraction of sp³-hybridized carbons (Fsp3) is 0.350. The van der Waals surface area contributed by atoms with Crippen LogP contribution in [0.25, 0.3) is 11.1 Å². The topological polar surface area (TPSA) is 43.1 Å². The fourth-order valence-corrected chi connectivity index (χ4v) is 3.64. The normalized spacial score (nSPS) is 16.7. The first-order chi connectivity index (χ1) is 11.5. The first kappa shape index (κ1) is 16.6. The molecule has 2 nitrogen and oxygen atoms in total. The number of amides is 1. The lowest BCUT2D eigenvalue weighted by Crippen LogP contribution is -2.15. The predicted molar refractivity (Wildman–Crippen MR) is 90.7 cm³/mol. The van der Waals surface area contributed by atoms with Crippen molar-refractivity contribution in [1.82, 2.24) is 0 Å². The van der Waals surface area contributed by atoms with E-state index in [4.69, 9.17) is 5.73 Å². The van der Waals surface area contributed by atoms with Gasteiger partial charge in [-0.05, 0) is 59.6 Å². The molecule has 2 aromatic carbocycles. The summed E-state index contributed by atoms with van der Waals surface area (Å²) in [6.45, 7) is 2.21. The zero-order valence-corrected chi connectivity index (χ0v) is 13.7. The molecule has 4 heteroatoms. The lowest BCUT2D eigenvalue weighted by molar-refractivity contribution is 0.0992. The first-order valence-electron chi connectivity index (χ1n) is 8.40. The molecule has 3 rings (SSSR count). The van der Waals surface area contributed by atoms with Crippen molar-refractivity contribution in [1.29, 1.82) is 0 Å². The minimum Gasteiger partial charge on any atom is -0.365 e. The van der Waals surface area contributed by atoms with Crippen molar-refractivity contribution in [2.45, 2.75) is 39.0 Å². The Morgan fingerprint density at radius 2 is 1.83 bits per heavy atom. The van der Waals surface area contributed by atoms with Crippen molar-refractivity contribution in [3.63, 3.8) is 0 Å². The quantitative estimate of drug-likeness (QED) is 0.873. The first-order valence-corrected chi connectivity index (χ1v) is 8.40. The van der Waals surface area contributed by atoms with Gasteiger partial charge in [0.15, 0.2) is 0 Å². The Labute approximate surface area is 140 Å². The van der Waals surface area contributed by atoms with Gasteiger partial charge in [0.05, 0.1) is 0 Å². The number of primary amides is 1. The van der Waals surface area contributed by atoms with Gasteiger partial charge in [0.2, 0.25) is 0 Å². The lowest BCUT2D eigenvalue weighted by Gasteiger charge is -2.25. The molecule has 2 N–H and O–H groups in total. The van der Waals surface area contributed by atoms with E-state index < -0.39 is 23.1 Å². The van der Waals surface area contributed by atoms with Gasteiger partial charge in [0, 0.05) is 0 Å². The van der Waals surface area contributed by atoms with Crippen LogP contribution in [0.1, 0.15) is 47.7 Å². The minimum absolute atomic E-state index is 0.425. The molecule has 24 heavy (non-hydrogen) atoms. The maximum Gasteiger partial charge on any atom is 0.254 e. The summed E-state index contributed by atoms with van der Waals surface area (Å²) in [5.41, 5.74) is 8.10. The van der Waals surface area contributed by atoms with Crippen molar-refractivity contribution in [2.24, 2.45) is 11.7 Å². The average Bonchev–Trinajstić information content (AvgIpc) is 2.53. The van der Waals surface area contributed by atoms with Crippen LogP contribution in [0.2, 0.25) is 0 Å². The van der Waals surface area contributed by atoms with E-state index in [2.05, 4.69) is 13.0 Å².